The van der Waals surface area contributed by atoms with Gasteiger partial charge in [-0.2, -0.15) is 13.2 Å². The van der Waals surface area contributed by atoms with E-state index in [9.17, 15) is 18.3 Å². The van der Waals surface area contributed by atoms with Gasteiger partial charge in [-0.05, 0) is 31.9 Å². The van der Waals surface area contributed by atoms with E-state index in [0.29, 0.717) is 6.20 Å². The molecule has 1 aromatic rings. The Hall–Kier alpha value is -1.54. The quantitative estimate of drug-likeness (QED) is 0.692. The smallest absolute Gasteiger partial charge is 0.378 e. The summed E-state index contributed by atoms with van der Waals surface area (Å²) in [5.41, 5.74) is -1.82. The molecule has 16 heavy (non-hydrogen) atoms. The van der Waals surface area contributed by atoms with Crippen molar-refractivity contribution in [3.63, 3.8) is 0 Å². The summed E-state index contributed by atoms with van der Waals surface area (Å²) >= 11 is 0. The van der Waals surface area contributed by atoms with Gasteiger partial charge in [-0.15, -0.1) is 0 Å². The fraction of sp³-hybridized carbons (Fsp3) is 0.364. The van der Waals surface area contributed by atoms with Crippen LogP contribution in [0.2, 0.25) is 0 Å². The molecular formula is C11H10F3NO. The van der Waals surface area contributed by atoms with E-state index in [4.69, 9.17) is 0 Å². The van der Waals surface area contributed by atoms with Crippen molar-refractivity contribution in [1.82, 2.24) is 4.98 Å². The molecule has 0 fully saturated rings. The summed E-state index contributed by atoms with van der Waals surface area (Å²) in [6.07, 6.45) is -3.68. The molecule has 1 aromatic heterocycles. The highest BCUT2D eigenvalue weighted by molar-refractivity contribution is 5.31. The Morgan fingerprint density at radius 2 is 1.88 bits per heavy atom. The SMILES string of the molecule is CC(C)(O)C#Cc1ccc(C(F)(F)F)cn1. The normalized spacial score (nSPS) is 11.9. The zero-order valence-corrected chi connectivity index (χ0v) is 8.76. The van der Waals surface area contributed by atoms with E-state index in [1.54, 1.807) is 0 Å². The summed E-state index contributed by atoms with van der Waals surface area (Å²) in [5.74, 6) is 4.94. The minimum Gasteiger partial charge on any atom is -0.378 e. The van der Waals surface area contributed by atoms with Gasteiger partial charge in [-0.3, -0.25) is 0 Å². The fourth-order valence-electron chi connectivity index (χ4n) is 0.852. The number of aliphatic hydroxyl groups is 1. The lowest BCUT2D eigenvalue weighted by Gasteiger charge is -2.06. The average molecular weight is 229 g/mol. The van der Waals surface area contributed by atoms with Gasteiger partial charge in [0.05, 0.1) is 5.56 Å². The van der Waals surface area contributed by atoms with E-state index in [0.717, 1.165) is 6.07 Å². The van der Waals surface area contributed by atoms with E-state index >= 15 is 0 Å². The minimum absolute atomic E-state index is 0.190. The summed E-state index contributed by atoms with van der Waals surface area (Å²) in [6, 6.07) is 2.07. The summed E-state index contributed by atoms with van der Waals surface area (Å²) < 4.78 is 36.5. The Kier molecular flexibility index (Phi) is 3.24. The summed E-state index contributed by atoms with van der Waals surface area (Å²) in [6.45, 7) is 2.95. The first-order valence-electron chi connectivity index (χ1n) is 4.47. The van der Waals surface area contributed by atoms with Gasteiger partial charge < -0.3 is 5.11 Å². The van der Waals surface area contributed by atoms with Gasteiger partial charge in [0.1, 0.15) is 11.3 Å². The molecule has 0 saturated carbocycles. The lowest BCUT2D eigenvalue weighted by Crippen LogP contribution is -2.14. The Morgan fingerprint density at radius 1 is 1.25 bits per heavy atom. The van der Waals surface area contributed by atoms with E-state index < -0.39 is 17.3 Å². The van der Waals surface area contributed by atoms with Crippen LogP contribution < -0.4 is 0 Å². The Morgan fingerprint density at radius 3 is 2.25 bits per heavy atom. The Labute approximate surface area is 91.1 Å². The number of hydrogen-bond donors (Lipinski definition) is 1. The molecular weight excluding hydrogens is 219 g/mol. The van der Waals surface area contributed by atoms with E-state index in [-0.39, 0.29) is 5.69 Å². The van der Waals surface area contributed by atoms with E-state index in [2.05, 4.69) is 16.8 Å². The highest BCUT2D eigenvalue weighted by Crippen LogP contribution is 2.28. The zero-order valence-electron chi connectivity index (χ0n) is 8.76. The molecule has 0 saturated heterocycles. The van der Waals surface area contributed by atoms with Gasteiger partial charge in [-0.1, -0.05) is 5.92 Å². The molecule has 0 radical (unpaired) electrons. The van der Waals surface area contributed by atoms with Gasteiger partial charge in [0.2, 0.25) is 0 Å². The van der Waals surface area contributed by atoms with Crippen LogP contribution in [0.4, 0.5) is 13.2 Å². The van der Waals surface area contributed by atoms with Crippen molar-refractivity contribution in [2.24, 2.45) is 0 Å². The van der Waals surface area contributed by atoms with Crippen LogP contribution in [0.25, 0.3) is 0 Å². The second-order valence-electron chi connectivity index (χ2n) is 3.74. The van der Waals surface area contributed by atoms with Crippen molar-refractivity contribution >= 4 is 0 Å². The molecule has 0 unspecified atom stereocenters. The van der Waals surface area contributed by atoms with Crippen LogP contribution in [0.5, 0.6) is 0 Å². The number of rotatable bonds is 0. The molecule has 0 bridgehead atoms. The standard InChI is InChI=1S/C11H10F3NO/c1-10(2,16)6-5-9-4-3-8(7-15-9)11(12,13)14/h3-4,7,16H,1-2H3. The fourth-order valence-corrected chi connectivity index (χ4v) is 0.852. The van der Waals surface area contributed by atoms with Crippen molar-refractivity contribution in [3.05, 3.63) is 29.6 Å². The first kappa shape index (κ1) is 12.5. The van der Waals surface area contributed by atoms with Gasteiger partial charge >= 0.3 is 6.18 Å². The molecule has 2 nitrogen and oxygen atoms in total. The van der Waals surface area contributed by atoms with Gasteiger partial charge in [0.25, 0.3) is 0 Å². The Bertz CT molecular complexity index is 418. The van der Waals surface area contributed by atoms with Gasteiger partial charge in [0.15, 0.2) is 0 Å². The third-order valence-electron chi connectivity index (χ3n) is 1.59. The molecule has 1 rings (SSSR count). The molecule has 0 atom stereocenters. The van der Waals surface area contributed by atoms with Crippen molar-refractivity contribution in [3.8, 4) is 11.8 Å². The lowest BCUT2D eigenvalue weighted by molar-refractivity contribution is -0.137. The van der Waals surface area contributed by atoms with Gasteiger partial charge in [0, 0.05) is 6.20 Å². The summed E-state index contributed by atoms with van der Waals surface area (Å²) in [4.78, 5) is 3.54. The first-order chi connectivity index (χ1) is 7.18. The second kappa shape index (κ2) is 4.14. The third kappa shape index (κ3) is 3.91. The van der Waals surface area contributed by atoms with Crippen molar-refractivity contribution in [1.29, 1.82) is 0 Å². The number of alkyl halides is 3. The van der Waals surface area contributed by atoms with Gasteiger partial charge in [-0.25, -0.2) is 4.98 Å². The van der Waals surface area contributed by atoms with E-state index in [1.165, 1.54) is 19.9 Å². The maximum absolute atomic E-state index is 12.2. The highest BCUT2D eigenvalue weighted by atomic mass is 19.4. The van der Waals surface area contributed by atoms with Crippen LogP contribution in [0.15, 0.2) is 18.3 Å². The predicted octanol–water partition coefficient (Wildman–Crippen LogP) is 2.22. The zero-order chi connectivity index (χ0) is 12.4. The number of pyridine rings is 1. The minimum atomic E-state index is -4.39. The molecule has 0 aliphatic carbocycles. The number of nitrogens with zero attached hydrogens (tertiary/aromatic N) is 1. The largest absolute Gasteiger partial charge is 0.417 e. The molecule has 5 heteroatoms. The van der Waals surface area contributed by atoms with Crippen LogP contribution in [-0.4, -0.2) is 15.7 Å². The topological polar surface area (TPSA) is 33.1 Å². The highest BCUT2D eigenvalue weighted by Gasteiger charge is 2.30. The van der Waals surface area contributed by atoms with Crippen LogP contribution in [-0.2, 0) is 6.18 Å². The molecule has 1 heterocycles. The lowest BCUT2D eigenvalue weighted by atomic mass is 10.1. The maximum atomic E-state index is 12.2. The number of hydrogen-bond acceptors (Lipinski definition) is 2. The van der Waals surface area contributed by atoms with Crippen LogP contribution >= 0.6 is 0 Å². The molecule has 86 valence electrons. The van der Waals surface area contributed by atoms with Crippen LogP contribution in [0, 0.1) is 11.8 Å². The van der Waals surface area contributed by atoms with E-state index in [1.807, 2.05) is 0 Å². The molecule has 0 amide bonds. The maximum Gasteiger partial charge on any atom is 0.417 e. The average Bonchev–Trinajstić information content (AvgIpc) is 2.13. The predicted molar refractivity (Wildman–Crippen MR) is 52.4 cm³/mol. The molecule has 0 spiro atoms. The molecule has 0 aliphatic rings. The summed E-state index contributed by atoms with van der Waals surface area (Å²) in [7, 11) is 0. The second-order valence-corrected chi connectivity index (χ2v) is 3.74. The number of halogens is 3. The van der Waals surface area contributed by atoms with Crippen molar-refractivity contribution in [2.75, 3.05) is 0 Å². The molecule has 0 aliphatic heterocycles. The summed E-state index contributed by atoms with van der Waals surface area (Å²) in [5, 5.41) is 9.28. The molecule has 0 aromatic carbocycles. The van der Waals surface area contributed by atoms with Crippen LogP contribution in [0.3, 0.4) is 0 Å². The van der Waals surface area contributed by atoms with Crippen molar-refractivity contribution in [2.45, 2.75) is 25.6 Å². The monoisotopic (exact) mass is 229 g/mol. The first-order valence-corrected chi connectivity index (χ1v) is 4.47. The Balaban J connectivity index is 2.91. The van der Waals surface area contributed by atoms with Crippen molar-refractivity contribution < 1.29 is 18.3 Å². The van der Waals surface area contributed by atoms with Crippen LogP contribution in [0.1, 0.15) is 25.1 Å². The third-order valence-corrected chi connectivity index (χ3v) is 1.59. The molecule has 1 N–H and O–H groups in total. The number of aromatic nitrogens is 1.